The lowest BCUT2D eigenvalue weighted by molar-refractivity contribution is -0.136. The van der Waals surface area contributed by atoms with E-state index >= 15 is 0 Å². The summed E-state index contributed by atoms with van der Waals surface area (Å²) in [5, 5.41) is 15.6. The zero-order chi connectivity index (χ0) is 19.4. The van der Waals surface area contributed by atoms with Crippen LogP contribution in [0.5, 0.6) is 0 Å². The highest BCUT2D eigenvalue weighted by Crippen LogP contribution is 2.31. The van der Waals surface area contributed by atoms with Crippen molar-refractivity contribution in [1.29, 1.82) is 0 Å². The van der Waals surface area contributed by atoms with Crippen LogP contribution in [0.2, 0.25) is 0 Å². The number of hydrogen-bond donors (Lipinski definition) is 3. The average Bonchev–Trinajstić information content (AvgIpc) is 3.27. The van der Waals surface area contributed by atoms with Crippen LogP contribution in [0.15, 0.2) is 23.6 Å². The molecule has 1 aliphatic carbocycles. The first-order chi connectivity index (χ1) is 12.9. The van der Waals surface area contributed by atoms with Gasteiger partial charge in [0, 0.05) is 16.9 Å². The molecule has 1 aliphatic rings. The number of hydrogen-bond acceptors (Lipinski definition) is 5. The van der Waals surface area contributed by atoms with Crippen LogP contribution >= 0.6 is 11.3 Å². The molecular formula is C18H18FN3O4S. The zero-order valence-corrected chi connectivity index (χ0v) is 15.1. The molecule has 0 unspecified atom stereocenters. The van der Waals surface area contributed by atoms with Crippen molar-refractivity contribution in [3.05, 3.63) is 40.7 Å². The standard InChI is InChI=1S/C18H18FN3O4S/c19-11-5-6-14(13(7-11)16(25)10-3-1-2-4-10)21-17(26)22-18-20-12(9-27-18)8-15(23)24/h5-7,9-10H,1-4,8H2,(H,23,24)(H2,20,21,22,26). The number of aromatic nitrogens is 1. The molecule has 27 heavy (non-hydrogen) atoms. The van der Waals surface area contributed by atoms with Gasteiger partial charge < -0.3 is 10.4 Å². The normalized spacial score (nSPS) is 14.1. The molecule has 0 bridgehead atoms. The summed E-state index contributed by atoms with van der Waals surface area (Å²) in [6.07, 6.45) is 3.24. The van der Waals surface area contributed by atoms with E-state index in [1.807, 2.05) is 0 Å². The van der Waals surface area contributed by atoms with E-state index in [1.54, 1.807) is 0 Å². The Morgan fingerprint density at radius 2 is 1.96 bits per heavy atom. The Kier molecular flexibility index (Phi) is 5.80. The number of Topliss-reactive ketones (excluding diaryl/α,β-unsaturated/α-hetero) is 1. The molecule has 1 fully saturated rings. The molecular weight excluding hydrogens is 373 g/mol. The maximum atomic E-state index is 13.6. The minimum Gasteiger partial charge on any atom is -0.481 e. The lowest BCUT2D eigenvalue weighted by atomic mass is 9.95. The quantitative estimate of drug-likeness (QED) is 0.647. The fourth-order valence-electron chi connectivity index (χ4n) is 3.09. The van der Waals surface area contributed by atoms with Gasteiger partial charge in [-0.05, 0) is 31.0 Å². The zero-order valence-electron chi connectivity index (χ0n) is 14.3. The molecule has 0 spiro atoms. The molecule has 1 aromatic carbocycles. The number of thiazole rings is 1. The number of carbonyl (C=O) groups is 3. The second-order valence-corrected chi connectivity index (χ2v) is 7.19. The highest BCUT2D eigenvalue weighted by Gasteiger charge is 2.26. The highest BCUT2D eigenvalue weighted by molar-refractivity contribution is 7.14. The number of nitrogens with zero attached hydrogens (tertiary/aromatic N) is 1. The SMILES string of the molecule is O=C(O)Cc1csc(NC(=O)Nc2ccc(F)cc2C(=O)C2CCCC2)n1. The van der Waals surface area contributed by atoms with Gasteiger partial charge in [-0.15, -0.1) is 11.3 Å². The van der Waals surface area contributed by atoms with E-state index in [0.717, 1.165) is 43.1 Å². The van der Waals surface area contributed by atoms with Gasteiger partial charge in [0.15, 0.2) is 10.9 Å². The number of anilines is 2. The Morgan fingerprint density at radius 1 is 1.22 bits per heavy atom. The number of rotatable bonds is 6. The monoisotopic (exact) mass is 391 g/mol. The molecule has 2 aromatic rings. The molecule has 1 heterocycles. The van der Waals surface area contributed by atoms with Gasteiger partial charge in [0.2, 0.25) is 0 Å². The number of aliphatic carboxylic acids is 1. The smallest absolute Gasteiger partial charge is 0.325 e. The number of carbonyl (C=O) groups excluding carboxylic acids is 2. The summed E-state index contributed by atoms with van der Waals surface area (Å²) in [6, 6.07) is 3.03. The maximum absolute atomic E-state index is 13.6. The minimum atomic E-state index is -1.02. The summed E-state index contributed by atoms with van der Waals surface area (Å²) in [5.74, 6) is -1.87. The molecule has 0 saturated heterocycles. The molecule has 3 N–H and O–H groups in total. The number of ketones is 1. The predicted molar refractivity (Wildman–Crippen MR) is 98.8 cm³/mol. The van der Waals surface area contributed by atoms with Crippen molar-refractivity contribution in [2.45, 2.75) is 32.1 Å². The van der Waals surface area contributed by atoms with E-state index in [4.69, 9.17) is 5.11 Å². The van der Waals surface area contributed by atoms with Gasteiger partial charge in [0.25, 0.3) is 0 Å². The van der Waals surface area contributed by atoms with Gasteiger partial charge in [-0.3, -0.25) is 14.9 Å². The fraction of sp³-hybridized carbons (Fsp3) is 0.333. The Morgan fingerprint density at radius 3 is 2.67 bits per heavy atom. The number of benzene rings is 1. The van der Waals surface area contributed by atoms with Crippen molar-refractivity contribution in [3.63, 3.8) is 0 Å². The van der Waals surface area contributed by atoms with Crippen molar-refractivity contribution in [2.24, 2.45) is 5.92 Å². The van der Waals surface area contributed by atoms with Crippen LogP contribution in [0, 0.1) is 11.7 Å². The summed E-state index contributed by atoms with van der Waals surface area (Å²) < 4.78 is 13.6. The second-order valence-electron chi connectivity index (χ2n) is 6.33. The Hall–Kier alpha value is -2.81. The van der Waals surface area contributed by atoms with E-state index in [-0.39, 0.29) is 34.5 Å². The first-order valence-corrected chi connectivity index (χ1v) is 9.38. The summed E-state index contributed by atoms with van der Waals surface area (Å²) >= 11 is 1.09. The summed E-state index contributed by atoms with van der Waals surface area (Å²) in [7, 11) is 0. The molecule has 2 amide bonds. The molecule has 7 nitrogen and oxygen atoms in total. The van der Waals surface area contributed by atoms with Crippen LogP contribution in [0.1, 0.15) is 41.7 Å². The molecule has 0 aliphatic heterocycles. The lowest BCUT2D eigenvalue weighted by Crippen LogP contribution is -2.22. The van der Waals surface area contributed by atoms with Crippen LogP contribution in [0.3, 0.4) is 0 Å². The molecule has 142 valence electrons. The van der Waals surface area contributed by atoms with E-state index in [9.17, 15) is 18.8 Å². The second kappa shape index (κ2) is 8.26. The third-order valence-electron chi connectivity index (χ3n) is 4.33. The summed E-state index contributed by atoms with van der Waals surface area (Å²) in [4.78, 5) is 39.6. The van der Waals surface area contributed by atoms with Crippen molar-refractivity contribution in [2.75, 3.05) is 10.6 Å². The predicted octanol–water partition coefficient (Wildman–Crippen LogP) is 3.93. The van der Waals surface area contributed by atoms with Gasteiger partial charge in [-0.1, -0.05) is 12.8 Å². The Labute approximate surface area is 158 Å². The number of nitrogens with one attached hydrogen (secondary N) is 2. The summed E-state index contributed by atoms with van der Waals surface area (Å²) in [5.41, 5.74) is 0.720. The van der Waals surface area contributed by atoms with E-state index in [2.05, 4.69) is 15.6 Å². The topological polar surface area (TPSA) is 108 Å². The fourth-order valence-corrected chi connectivity index (χ4v) is 3.79. The number of halogens is 1. The van der Waals surface area contributed by atoms with Crippen molar-refractivity contribution < 1.29 is 23.9 Å². The first-order valence-electron chi connectivity index (χ1n) is 8.50. The molecule has 0 radical (unpaired) electrons. The third-order valence-corrected chi connectivity index (χ3v) is 5.13. The Bertz CT molecular complexity index is 877. The van der Waals surface area contributed by atoms with Crippen LogP contribution in [0.4, 0.5) is 20.0 Å². The van der Waals surface area contributed by atoms with Gasteiger partial charge >= 0.3 is 12.0 Å². The average molecular weight is 391 g/mol. The van der Waals surface area contributed by atoms with Crippen LogP contribution < -0.4 is 10.6 Å². The molecule has 0 atom stereocenters. The number of urea groups is 1. The van der Waals surface area contributed by atoms with Crippen LogP contribution in [-0.4, -0.2) is 27.9 Å². The highest BCUT2D eigenvalue weighted by atomic mass is 32.1. The largest absolute Gasteiger partial charge is 0.481 e. The number of carboxylic acid groups (broad SMARTS) is 1. The maximum Gasteiger partial charge on any atom is 0.325 e. The van der Waals surface area contributed by atoms with Crippen LogP contribution in [0.25, 0.3) is 0 Å². The minimum absolute atomic E-state index is 0.145. The third kappa shape index (κ3) is 4.88. The number of carboxylic acids is 1. The summed E-state index contributed by atoms with van der Waals surface area (Å²) in [6.45, 7) is 0. The Balaban J connectivity index is 1.71. The van der Waals surface area contributed by atoms with E-state index < -0.39 is 17.8 Å². The van der Waals surface area contributed by atoms with Gasteiger partial charge in [-0.2, -0.15) is 0 Å². The molecule has 1 aromatic heterocycles. The van der Waals surface area contributed by atoms with Crippen LogP contribution in [-0.2, 0) is 11.2 Å². The van der Waals surface area contributed by atoms with Gasteiger partial charge in [-0.25, -0.2) is 14.2 Å². The van der Waals surface area contributed by atoms with Crippen molar-refractivity contribution >= 4 is 39.9 Å². The van der Waals surface area contributed by atoms with Crippen molar-refractivity contribution in [3.8, 4) is 0 Å². The lowest BCUT2D eigenvalue weighted by Gasteiger charge is -2.14. The van der Waals surface area contributed by atoms with E-state index in [1.165, 1.54) is 17.5 Å². The number of amides is 2. The van der Waals surface area contributed by atoms with Gasteiger partial charge in [0.05, 0.1) is 17.8 Å². The van der Waals surface area contributed by atoms with Crippen molar-refractivity contribution in [1.82, 2.24) is 4.98 Å². The van der Waals surface area contributed by atoms with E-state index in [0.29, 0.717) is 5.69 Å². The first kappa shape index (κ1) is 19.0. The molecule has 9 heteroatoms. The molecule has 3 rings (SSSR count). The molecule has 1 saturated carbocycles. The van der Waals surface area contributed by atoms with Gasteiger partial charge in [0.1, 0.15) is 5.82 Å².